The fourth-order valence-corrected chi connectivity index (χ4v) is 1.51. The molecule has 0 radical (unpaired) electrons. The van der Waals surface area contributed by atoms with E-state index in [1.807, 2.05) is 13.8 Å². The number of hydrogen-bond donors (Lipinski definition) is 4. The number of nitrogens with one attached hydrogen (secondary N) is 2. The molecule has 0 saturated carbocycles. The average Bonchev–Trinajstić information content (AvgIpc) is 2.13. The zero-order chi connectivity index (χ0) is 12.8. The number of aliphatic hydroxyl groups is 2. The van der Waals surface area contributed by atoms with E-state index in [9.17, 15) is 9.90 Å². The van der Waals surface area contributed by atoms with Crippen LogP contribution in [-0.2, 0) is 0 Å². The van der Waals surface area contributed by atoms with Crippen molar-refractivity contribution < 1.29 is 15.0 Å². The maximum absolute atomic E-state index is 11.3. The molecular weight excluding hydrogens is 208 g/mol. The Morgan fingerprint density at radius 1 is 1.38 bits per heavy atom. The van der Waals surface area contributed by atoms with Crippen molar-refractivity contribution in [3.05, 3.63) is 0 Å². The number of amides is 2. The molecule has 0 heterocycles. The van der Waals surface area contributed by atoms with Gasteiger partial charge in [0.25, 0.3) is 0 Å². The SMILES string of the molecule is CC(O)CC(C)(C)CNC(=O)NC(C)CO. The van der Waals surface area contributed by atoms with Gasteiger partial charge in [-0.05, 0) is 25.7 Å². The smallest absolute Gasteiger partial charge is 0.315 e. The molecule has 96 valence electrons. The number of hydrogen-bond acceptors (Lipinski definition) is 3. The fourth-order valence-electron chi connectivity index (χ4n) is 1.51. The Hall–Kier alpha value is -0.810. The largest absolute Gasteiger partial charge is 0.394 e. The summed E-state index contributed by atoms with van der Waals surface area (Å²) in [4.78, 5) is 11.3. The highest BCUT2D eigenvalue weighted by Gasteiger charge is 2.21. The molecule has 0 aromatic heterocycles. The van der Waals surface area contributed by atoms with Gasteiger partial charge in [-0.2, -0.15) is 0 Å². The Morgan fingerprint density at radius 2 is 1.94 bits per heavy atom. The number of carbonyl (C=O) groups excluding carboxylic acids is 1. The topological polar surface area (TPSA) is 81.6 Å². The second kappa shape index (κ2) is 6.70. The molecule has 0 aliphatic rings. The molecule has 5 nitrogen and oxygen atoms in total. The number of rotatable bonds is 6. The van der Waals surface area contributed by atoms with Crippen LogP contribution in [0.15, 0.2) is 0 Å². The zero-order valence-corrected chi connectivity index (χ0v) is 10.6. The highest BCUT2D eigenvalue weighted by Crippen LogP contribution is 2.20. The van der Waals surface area contributed by atoms with Crippen LogP contribution in [0.2, 0.25) is 0 Å². The Balaban J connectivity index is 3.90. The lowest BCUT2D eigenvalue weighted by molar-refractivity contribution is 0.128. The van der Waals surface area contributed by atoms with E-state index in [-0.39, 0.29) is 30.2 Å². The first-order valence-corrected chi connectivity index (χ1v) is 5.60. The molecule has 4 N–H and O–H groups in total. The van der Waals surface area contributed by atoms with Crippen LogP contribution < -0.4 is 10.6 Å². The van der Waals surface area contributed by atoms with Crippen LogP contribution >= 0.6 is 0 Å². The molecule has 0 rings (SSSR count). The van der Waals surface area contributed by atoms with Crippen molar-refractivity contribution in [2.75, 3.05) is 13.2 Å². The van der Waals surface area contributed by atoms with Crippen molar-refractivity contribution in [2.45, 2.75) is 46.3 Å². The first-order chi connectivity index (χ1) is 7.26. The van der Waals surface area contributed by atoms with Crippen LogP contribution in [0.5, 0.6) is 0 Å². The van der Waals surface area contributed by atoms with E-state index < -0.39 is 0 Å². The van der Waals surface area contributed by atoms with Gasteiger partial charge in [0.2, 0.25) is 0 Å². The maximum Gasteiger partial charge on any atom is 0.315 e. The van der Waals surface area contributed by atoms with E-state index in [1.54, 1.807) is 13.8 Å². The molecule has 0 spiro atoms. The van der Waals surface area contributed by atoms with Crippen molar-refractivity contribution in [1.82, 2.24) is 10.6 Å². The van der Waals surface area contributed by atoms with Gasteiger partial charge in [0.05, 0.1) is 18.8 Å². The van der Waals surface area contributed by atoms with Gasteiger partial charge in [-0.1, -0.05) is 13.8 Å². The Morgan fingerprint density at radius 3 is 2.38 bits per heavy atom. The minimum atomic E-state index is -0.378. The number of urea groups is 1. The summed E-state index contributed by atoms with van der Waals surface area (Å²) in [5.41, 5.74) is -0.145. The van der Waals surface area contributed by atoms with Crippen LogP contribution in [0.3, 0.4) is 0 Å². The highest BCUT2D eigenvalue weighted by molar-refractivity contribution is 5.74. The van der Waals surface area contributed by atoms with Crippen LogP contribution in [-0.4, -0.2) is 41.5 Å². The highest BCUT2D eigenvalue weighted by atomic mass is 16.3. The van der Waals surface area contributed by atoms with Gasteiger partial charge >= 0.3 is 6.03 Å². The van der Waals surface area contributed by atoms with E-state index in [1.165, 1.54) is 0 Å². The first-order valence-electron chi connectivity index (χ1n) is 5.60. The quantitative estimate of drug-likeness (QED) is 0.537. The summed E-state index contributed by atoms with van der Waals surface area (Å²) in [6, 6.07) is -0.542. The lowest BCUT2D eigenvalue weighted by Crippen LogP contribution is -2.45. The molecule has 5 heteroatoms. The molecule has 0 aromatic rings. The summed E-state index contributed by atoms with van der Waals surface area (Å²) in [5, 5.41) is 23.3. The van der Waals surface area contributed by atoms with Crippen molar-refractivity contribution >= 4 is 6.03 Å². The zero-order valence-electron chi connectivity index (χ0n) is 10.6. The number of aliphatic hydroxyl groups excluding tert-OH is 2. The van der Waals surface area contributed by atoms with Crippen LogP contribution in [0.1, 0.15) is 34.1 Å². The van der Waals surface area contributed by atoms with Gasteiger partial charge in [-0.25, -0.2) is 4.79 Å². The van der Waals surface area contributed by atoms with Crippen molar-refractivity contribution in [3.8, 4) is 0 Å². The molecule has 0 saturated heterocycles. The molecule has 16 heavy (non-hydrogen) atoms. The molecule has 0 fully saturated rings. The fraction of sp³-hybridized carbons (Fsp3) is 0.909. The molecule has 0 aliphatic heterocycles. The van der Waals surface area contributed by atoms with Crippen molar-refractivity contribution in [2.24, 2.45) is 5.41 Å². The van der Waals surface area contributed by atoms with E-state index in [2.05, 4.69) is 10.6 Å². The normalized spacial score (nSPS) is 15.4. The second-order valence-corrected chi connectivity index (χ2v) is 5.13. The van der Waals surface area contributed by atoms with Crippen LogP contribution in [0, 0.1) is 5.41 Å². The minimum absolute atomic E-state index is 0.0789. The summed E-state index contributed by atoms with van der Waals surface area (Å²) in [7, 11) is 0. The van der Waals surface area contributed by atoms with E-state index in [0.717, 1.165) is 0 Å². The predicted octanol–water partition coefficient (Wildman–Crippen LogP) is 0.463. The third kappa shape index (κ3) is 7.48. The first kappa shape index (κ1) is 15.2. The second-order valence-electron chi connectivity index (χ2n) is 5.13. The Bertz CT molecular complexity index is 217. The van der Waals surface area contributed by atoms with Crippen LogP contribution in [0.25, 0.3) is 0 Å². The van der Waals surface area contributed by atoms with E-state index in [0.29, 0.717) is 13.0 Å². The minimum Gasteiger partial charge on any atom is -0.394 e. The Labute approximate surface area is 97.2 Å². The maximum atomic E-state index is 11.3. The molecule has 0 bridgehead atoms. The van der Waals surface area contributed by atoms with Gasteiger partial charge in [0.1, 0.15) is 0 Å². The summed E-state index contributed by atoms with van der Waals surface area (Å²) >= 11 is 0. The summed E-state index contributed by atoms with van der Waals surface area (Å²) in [5.74, 6) is 0. The number of carbonyl (C=O) groups is 1. The van der Waals surface area contributed by atoms with Gasteiger partial charge in [-0.15, -0.1) is 0 Å². The van der Waals surface area contributed by atoms with Gasteiger partial charge < -0.3 is 20.8 Å². The molecule has 2 unspecified atom stereocenters. The van der Waals surface area contributed by atoms with Crippen LogP contribution in [0.4, 0.5) is 4.79 Å². The summed E-state index contributed by atoms with van der Waals surface area (Å²) in [6.45, 7) is 7.83. The summed E-state index contributed by atoms with van der Waals surface area (Å²) < 4.78 is 0. The van der Waals surface area contributed by atoms with Crippen molar-refractivity contribution in [1.29, 1.82) is 0 Å². The molecule has 2 atom stereocenters. The monoisotopic (exact) mass is 232 g/mol. The van der Waals surface area contributed by atoms with E-state index >= 15 is 0 Å². The predicted molar refractivity (Wildman–Crippen MR) is 63.2 cm³/mol. The Kier molecular flexibility index (Phi) is 6.36. The third-order valence-electron chi connectivity index (χ3n) is 2.23. The lowest BCUT2D eigenvalue weighted by atomic mass is 9.87. The van der Waals surface area contributed by atoms with Gasteiger partial charge in [0.15, 0.2) is 0 Å². The van der Waals surface area contributed by atoms with E-state index in [4.69, 9.17) is 5.11 Å². The van der Waals surface area contributed by atoms with Gasteiger partial charge in [0, 0.05) is 6.54 Å². The van der Waals surface area contributed by atoms with Crippen molar-refractivity contribution in [3.63, 3.8) is 0 Å². The standard InChI is InChI=1S/C11H24N2O3/c1-8(6-14)13-10(16)12-7-11(3,4)5-9(2)15/h8-9,14-15H,5-7H2,1-4H3,(H2,12,13,16). The third-order valence-corrected chi connectivity index (χ3v) is 2.23. The lowest BCUT2D eigenvalue weighted by Gasteiger charge is -2.26. The summed E-state index contributed by atoms with van der Waals surface area (Å²) in [6.07, 6.45) is 0.249. The average molecular weight is 232 g/mol. The molecule has 0 aromatic carbocycles. The van der Waals surface area contributed by atoms with Gasteiger partial charge in [-0.3, -0.25) is 0 Å². The molecular formula is C11H24N2O3. The molecule has 0 aliphatic carbocycles. The molecule has 2 amide bonds.